The molecule has 27 heavy (non-hydrogen) atoms. The van der Waals surface area contributed by atoms with Crippen LogP contribution in [0.1, 0.15) is 16.8 Å². The van der Waals surface area contributed by atoms with Gasteiger partial charge >= 0.3 is 6.36 Å². The van der Waals surface area contributed by atoms with Gasteiger partial charge in [-0.25, -0.2) is 4.98 Å². The molecule has 2 aromatic rings. The van der Waals surface area contributed by atoms with Crippen LogP contribution < -0.4 is 15.4 Å². The molecule has 1 amide bonds. The van der Waals surface area contributed by atoms with E-state index in [0.29, 0.717) is 25.3 Å². The Hall–Kier alpha value is -2.75. The Morgan fingerprint density at radius 3 is 2.85 bits per heavy atom. The lowest BCUT2D eigenvalue weighted by molar-refractivity contribution is -0.274. The van der Waals surface area contributed by atoms with E-state index in [-0.39, 0.29) is 28.1 Å². The number of ether oxygens (including phenoxy) is 1. The second-order valence-electron chi connectivity index (χ2n) is 5.78. The first kappa shape index (κ1) is 19.0. The van der Waals surface area contributed by atoms with Crippen molar-refractivity contribution in [2.24, 2.45) is 0 Å². The van der Waals surface area contributed by atoms with Gasteiger partial charge in [-0.1, -0.05) is 11.6 Å². The summed E-state index contributed by atoms with van der Waals surface area (Å²) in [4.78, 5) is 22.1. The molecule has 0 spiro atoms. The fourth-order valence-electron chi connectivity index (χ4n) is 2.49. The van der Waals surface area contributed by atoms with Gasteiger partial charge in [0.2, 0.25) is 5.95 Å². The SMILES string of the molecule is CN1CCCNc2nc(ncc2Cl)Nc2cc(ccc2OC(F)(F)F)C1=O. The van der Waals surface area contributed by atoms with E-state index in [1.807, 2.05) is 0 Å². The molecule has 0 radical (unpaired) electrons. The van der Waals surface area contributed by atoms with Crippen LogP contribution in [0.2, 0.25) is 5.02 Å². The van der Waals surface area contributed by atoms with E-state index in [2.05, 4.69) is 25.3 Å². The number of nitrogens with zero attached hydrogens (tertiary/aromatic N) is 3. The highest BCUT2D eigenvalue weighted by atomic mass is 35.5. The van der Waals surface area contributed by atoms with Crippen LogP contribution >= 0.6 is 11.6 Å². The van der Waals surface area contributed by atoms with Crippen LogP contribution in [0.3, 0.4) is 0 Å². The minimum absolute atomic E-state index is 0.00567. The van der Waals surface area contributed by atoms with Crippen molar-refractivity contribution in [1.29, 1.82) is 0 Å². The van der Waals surface area contributed by atoms with Gasteiger partial charge in [-0.2, -0.15) is 4.98 Å². The third-order valence-corrected chi connectivity index (χ3v) is 4.03. The number of fused-ring (bicyclic) bond motifs is 4. The number of hydrogen-bond donors (Lipinski definition) is 2. The largest absolute Gasteiger partial charge is 0.573 e. The molecule has 0 aliphatic carbocycles. The maximum Gasteiger partial charge on any atom is 0.573 e. The van der Waals surface area contributed by atoms with Crippen molar-refractivity contribution in [3.8, 4) is 5.75 Å². The fourth-order valence-corrected chi connectivity index (χ4v) is 2.65. The number of aromatic nitrogens is 2. The van der Waals surface area contributed by atoms with Crippen molar-refractivity contribution >= 4 is 35.0 Å². The van der Waals surface area contributed by atoms with Crippen LogP contribution in [0.5, 0.6) is 5.75 Å². The third kappa shape index (κ3) is 4.70. The molecule has 2 N–H and O–H groups in total. The predicted molar refractivity (Wildman–Crippen MR) is 93.5 cm³/mol. The number of benzene rings is 1. The van der Waals surface area contributed by atoms with Crippen molar-refractivity contribution in [3.05, 3.63) is 35.0 Å². The van der Waals surface area contributed by atoms with E-state index in [4.69, 9.17) is 11.6 Å². The van der Waals surface area contributed by atoms with Crippen molar-refractivity contribution in [3.63, 3.8) is 0 Å². The molecule has 2 heterocycles. The van der Waals surface area contributed by atoms with Crippen LogP contribution in [0.25, 0.3) is 0 Å². The lowest BCUT2D eigenvalue weighted by atomic mass is 10.1. The average molecular weight is 402 g/mol. The maximum absolute atomic E-state index is 12.7. The molecule has 1 aliphatic heterocycles. The van der Waals surface area contributed by atoms with Crippen LogP contribution in [-0.2, 0) is 0 Å². The molecule has 0 atom stereocenters. The summed E-state index contributed by atoms with van der Waals surface area (Å²) in [6.07, 6.45) is -2.95. The van der Waals surface area contributed by atoms with E-state index >= 15 is 0 Å². The normalized spacial score (nSPS) is 15.0. The molecule has 0 saturated carbocycles. The minimum atomic E-state index is -4.89. The van der Waals surface area contributed by atoms with Gasteiger partial charge in [-0.3, -0.25) is 4.79 Å². The van der Waals surface area contributed by atoms with E-state index in [1.165, 1.54) is 23.2 Å². The number of halogens is 4. The lowest BCUT2D eigenvalue weighted by Crippen LogP contribution is -2.29. The van der Waals surface area contributed by atoms with Gasteiger partial charge in [0.1, 0.15) is 10.8 Å². The zero-order chi connectivity index (χ0) is 19.6. The fraction of sp³-hybridized carbons (Fsp3) is 0.312. The molecule has 0 fully saturated rings. The standard InChI is InChI=1S/C16H15ClF3N5O2/c1-25-6-2-5-21-13-10(17)8-22-15(24-13)23-11-7-9(14(25)26)3-4-12(11)27-16(18,19)20/h3-4,7-8H,2,5-6H2,1H3,(H2,21,22,23,24). The Labute approximate surface area is 157 Å². The first-order valence-electron chi connectivity index (χ1n) is 7.91. The monoisotopic (exact) mass is 401 g/mol. The van der Waals surface area contributed by atoms with Gasteiger partial charge in [-0.05, 0) is 24.6 Å². The molecule has 3 rings (SSSR count). The van der Waals surface area contributed by atoms with E-state index < -0.39 is 12.1 Å². The Bertz CT molecular complexity index is 862. The van der Waals surface area contributed by atoms with Gasteiger partial charge in [0.15, 0.2) is 5.75 Å². The average Bonchev–Trinajstić information content (AvgIpc) is 2.60. The maximum atomic E-state index is 12.7. The molecule has 144 valence electrons. The summed E-state index contributed by atoms with van der Waals surface area (Å²) < 4.78 is 42.1. The molecular weight excluding hydrogens is 387 g/mol. The molecule has 0 unspecified atom stereocenters. The highest BCUT2D eigenvalue weighted by Gasteiger charge is 2.32. The second-order valence-corrected chi connectivity index (χ2v) is 6.19. The quantitative estimate of drug-likeness (QED) is 0.759. The number of rotatable bonds is 1. The van der Waals surface area contributed by atoms with E-state index in [1.54, 1.807) is 7.05 Å². The highest BCUT2D eigenvalue weighted by molar-refractivity contribution is 6.32. The molecule has 1 aromatic heterocycles. The van der Waals surface area contributed by atoms with Crippen LogP contribution in [0.4, 0.5) is 30.6 Å². The number of amides is 1. The molecule has 1 aromatic carbocycles. The summed E-state index contributed by atoms with van der Waals surface area (Å²) in [7, 11) is 1.61. The summed E-state index contributed by atoms with van der Waals surface area (Å²) in [5.41, 5.74) is 0.106. The smallest absolute Gasteiger partial charge is 0.404 e. The lowest BCUT2D eigenvalue weighted by Gasteiger charge is -2.18. The van der Waals surface area contributed by atoms with Gasteiger partial charge < -0.3 is 20.3 Å². The van der Waals surface area contributed by atoms with Crippen molar-refractivity contribution < 1.29 is 22.7 Å². The van der Waals surface area contributed by atoms with Crippen LogP contribution in [0.15, 0.2) is 24.4 Å². The summed E-state index contributed by atoms with van der Waals surface area (Å²) in [6, 6.07) is 3.62. The van der Waals surface area contributed by atoms with E-state index in [9.17, 15) is 18.0 Å². The first-order chi connectivity index (χ1) is 12.7. The Balaban J connectivity index is 2.07. The number of alkyl halides is 3. The van der Waals surface area contributed by atoms with Crippen LogP contribution in [-0.4, -0.2) is 47.3 Å². The zero-order valence-corrected chi connectivity index (χ0v) is 14.9. The number of anilines is 3. The third-order valence-electron chi connectivity index (χ3n) is 3.75. The van der Waals surface area contributed by atoms with Crippen molar-refractivity contribution in [2.45, 2.75) is 12.8 Å². The van der Waals surface area contributed by atoms with Crippen LogP contribution in [0, 0.1) is 0 Å². The summed E-state index contributed by atoms with van der Waals surface area (Å²) in [6.45, 7) is 0.929. The Kier molecular flexibility index (Phi) is 5.26. The second kappa shape index (κ2) is 7.47. The van der Waals surface area contributed by atoms with Crippen molar-refractivity contribution in [1.82, 2.24) is 14.9 Å². The first-order valence-corrected chi connectivity index (χ1v) is 8.29. The summed E-state index contributed by atoms with van der Waals surface area (Å²) in [5.74, 6) is -0.505. The molecule has 11 heteroatoms. The number of carbonyl (C=O) groups excluding carboxylic acids is 1. The zero-order valence-electron chi connectivity index (χ0n) is 14.1. The minimum Gasteiger partial charge on any atom is -0.404 e. The molecule has 1 aliphatic rings. The van der Waals surface area contributed by atoms with E-state index in [0.717, 1.165) is 6.07 Å². The predicted octanol–water partition coefficient (Wildman–Crippen LogP) is 3.66. The topological polar surface area (TPSA) is 79.4 Å². The molecular formula is C16H15ClF3N5O2. The van der Waals surface area contributed by atoms with Gasteiger partial charge in [0.05, 0.1) is 11.9 Å². The van der Waals surface area contributed by atoms with Crippen molar-refractivity contribution in [2.75, 3.05) is 30.8 Å². The van der Waals surface area contributed by atoms with Gasteiger partial charge in [0.25, 0.3) is 5.91 Å². The molecule has 4 bridgehead atoms. The number of carbonyl (C=O) groups is 1. The number of hydrogen-bond acceptors (Lipinski definition) is 6. The Morgan fingerprint density at radius 2 is 2.11 bits per heavy atom. The molecule has 7 nitrogen and oxygen atoms in total. The summed E-state index contributed by atoms with van der Waals surface area (Å²) in [5, 5.41) is 5.94. The Morgan fingerprint density at radius 1 is 1.33 bits per heavy atom. The number of nitrogens with one attached hydrogen (secondary N) is 2. The van der Waals surface area contributed by atoms with Gasteiger partial charge in [-0.15, -0.1) is 13.2 Å². The summed E-state index contributed by atoms with van der Waals surface area (Å²) >= 11 is 6.04. The molecule has 0 saturated heterocycles. The highest BCUT2D eigenvalue weighted by Crippen LogP contribution is 2.33. The van der Waals surface area contributed by atoms with Gasteiger partial charge in [0, 0.05) is 25.7 Å².